The van der Waals surface area contributed by atoms with Gasteiger partial charge in [-0.15, -0.1) is 0 Å². The largest absolute Gasteiger partial charge is 0.330 e. The predicted molar refractivity (Wildman–Crippen MR) is 81.4 cm³/mol. The van der Waals surface area contributed by atoms with Crippen molar-refractivity contribution >= 4 is 0 Å². The van der Waals surface area contributed by atoms with Gasteiger partial charge in [-0.05, 0) is 57.2 Å². The van der Waals surface area contributed by atoms with Crippen LogP contribution in [0.2, 0.25) is 0 Å². The van der Waals surface area contributed by atoms with E-state index in [2.05, 4.69) is 21.8 Å². The van der Waals surface area contributed by atoms with Gasteiger partial charge in [-0.25, -0.2) is 0 Å². The van der Waals surface area contributed by atoms with E-state index in [-0.39, 0.29) is 0 Å². The average molecular weight is 276 g/mol. The molecule has 2 N–H and O–H groups in total. The molecule has 0 spiro atoms. The summed E-state index contributed by atoms with van der Waals surface area (Å²) < 4.78 is 2.21. The van der Waals surface area contributed by atoms with Crippen LogP contribution in [0.1, 0.15) is 56.7 Å². The first kappa shape index (κ1) is 14.1. The first-order valence-electron chi connectivity index (χ1n) is 8.31. The maximum atomic E-state index is 5.70. The molecule has 1 aliphatic carbocycles. The molecule has 20 heavy (non-hydrogen) atoms. The highest BCUT2D eigenvalue weighted by Gasteiger charge is 2.21. The smallest absolute Gasteiger partial charge is 0.0764 e. The van der Waals surface area contributed by atoms with Crippen LogP contribution in [-0.4, -0.2) is 34.3 Å². The van der Waals surface area contributed by atoms with E-state index in [1.165, 1.54) is 63.7 Å². The van der Waals surface area contributed by atoms with Crippen molar-refractivity contribution in [3.05, 3.63) is 18.0 Å². The van der Waals surface area contributed by atoms with Crippen LogP contribution in [0.15, 0.2) is 12.3 Å². The van der Waals surface area contributed by atoms with Gasteiger partial charge in [0.25, 0.3) is 0 Å². The monoisotopic (exact) mass is 276 g/mol. The Labute approximate surface area is 122 Å². The number of hydrogen-bond donors (Lipinski definition) is 1. The van der Waals surface area contributed by atoms with Gasteiger partial charge in [-0.3, -0.25) is 9.58 Å². The van der Waals surface area contributed by atoms with E-state index in [1.807, 2.05) is 0 Å². The quantitative estimate of drug-likeness (QED) is 0.899. The first-order valence-corrected chi connectivity index (χ1v) is 8.31. The van der Waals surface area contributed by atoms with Crippen molar-refractivity contribution in [3.8, 4) is 0 Å². The Balaban J connectivity index is 1.54. The summed E-state index contributed by atoms with van der Waals surface area (Å²) in [6, 6.07) is 2.88. The standard InChI is InChI=1S/C16H28N4/c17-9-7-14-4-3-10-19(12-14)13-15-8-11-20(18-15)16-5-1-2-6-16/h8,11,14,16H,1-7,9-10,12-13,17H2. The van der Waals surface area contributed by atoms with Gasteiger partial charge in [0.05, 0.1) is 11.7 Å². The van der Waals surface area contributed by atoms with Crippen molar-refractivity contribution in [2.45, 2.75) is 57.5 Å². The molecule has 1 saturated heterocycles. The molecule has 1 atom stereocenters. The third kappa shape index (κ3) is 3.41. The van der Waals surface area contributed by atoms with Crippen LogP contribution < -0.4 is 5.73 Å². The van der Waals surface area contributed by atoms with Gasteiger partial charge in [0.1, 0.15) is 0 Å². The van der Waals surface area contributed by atoms with E-state index in [4.69, 9.17) is 10.8 Å². The van der Waals surface area contributed by atoms with Gasteiger partial charge in [0, 0.05) is 19.3 Å². The molecule has 0 amide bonds. The summed E-state index contributed by atoms with van der Waals surface area (Å²) >= 11 is 0. The van der Waals surface area contributed by atoms with Crippen molar-refractivity contribution in [2.24, 2.45) is 11.7 Å². The second-order valence-electron chi connectivity index (χ2n) is 6.55. The third-order valence-electron chi connectivity index (χ3n) is 4.93. The number of likely N-dealkylation sites (tertiary alicyclic amines) is 1. The number of aromatic nitrogens is 2. The Morgan fingerprint density at radius 3 is 2.85 bits per heavy atom. The van der Waals surface area contributed by atoms with E-state index in [9.17, 15) is 0 Å². The lowest BCUT2D eigenvalue weighted by molar-refractivity contribution is 0.161. The minimum atomic E-state index is 0.662. The van der Waals surface area contributed by atoms with Crippen LogP contribution in [0.25, 0.3) is 0 Å². The molecule has 1 aliphatic heterocycles. The van der Waals surface area contributed by atoms with E-state index >= 15 is 0 Å². The molecule has 2 heterocycles. The Hall–Kier alpha value is -0.870. The van der Waals surface area contributed by atoms with Crippen molar-refractivity contribution < 1.29 is 0 Å². The zero-order chi connectivity index (χ0) is 13.8. The predicted octanol–water partition coefficient (Wildman–Crippen LogP) is 2.56. The molecule has 0 aromatic carbocycles. The Kier molecular flexibility index (Phi) is 4.73. The minimum Gasteiger partial charge on any atom is -0.330 e. The van der Waals surface area contributed by atoms with Crippen LogP contribution in [-0.2, 0) is 6.54 Å². The Morgan fingerprint density at radius 1 is 1.20 bits per heavy atom. The Bertz CT molecular complexity index is 406. The second-order valence-corrected chi connectivity index (χ2v) is 6.55. The summed E-state index contributed by atoms with van der Waals surface area (Å²) in [5.74, 6) is 0.797. The van der Waals surface area contributed by atoms with Gasteiger partial charge in [0.15, 0.2) is 0 Å². The van der Waals surface area contributed by atoms with Crippen LogP contribution in [0, 0.1) is 5.92 Å². The van der Waals surface area contributed by atoms with Crippen LogP contribution in [0.3, 0.4) is 0 Å². The van der Waals surface area contributed by atoms with Crippen molar-refractivity contribution in [2.75, 3.05) is 19.6 Å². The summed E-state index contributed by atoms with van der Waals surface area (Å²) in [5, 5.41) is 4.81. The number of nitrogens with zero attached hydrogens (tertiary/aromatic N) is 3. The summed E-state index contributed by atoms with van der Waals surface area (Å²) in [7, 11) is 0. The normalized spacial score (nSPS) is 25.4. The molecule has 0 bridgehead atoms. The fourth-order valence-corrected chi connectivity index (χ4v) is 3.83. The zero-order valence-corrected chi connectivity index (χ0v) is 12.5. The van der Waals surface area contributed by atoms with E-state index in [1.54, 1.807) is 0 Å². The minimum absolute atomic E-state index is 0.662. The van der Waals surface area contributed by atoms with Gasteiger partial charge in [-0.1, -0.05) is 12.8 Å². The van der Waals surface area contributed by atoms with E-state index in [0.29, 0.717) is 6.04 Å². The van der Waals surface area contributed by atoms with Gasteiger partial charge in [0.2, 0.25) is 0 Å². The molecular weight excluding hydrogens is 248 g/mol. The lowest BCUT2D eigenvalue weighted by Gasteiger charge is -2.32. The fraction of sp³-hybridized carbons (Fsp3) is 0.812. The molecule has 112 valence electrons. The SMILES string of the molecule is NCCC1CCCN(Cc2ccn(C3CCCC3)n2)C1. The highest BCUT2D eigenvalue weighted by molar-refractivity contribution is 5.00. The average Bonchev–Trinajstić information content (AvgIpc) is 3.10. The lowest BCUT2D eigenvalue weighted by atomic mass is 9.95. The zero-order valence-electron chi connectivity index (χ0n) is 12.5. The molecule has 3 rings (SSSR count). The number of rotatable bonds is 5. The number of nitrogens with two attached hydrogens (primary N) is 1. The van der Waals surface area contributed by atoms with E-state index < -0.39 is 0 Å². The third-order valence-corrected chi connectivity index (χ3v) is 4.93. The van der Waals surface area contributed by atoms with Crippen molar-refractivity contribution in [3.63, 3.8) is 0 Å². The van der Waals surface area contributed by atoms with Crippen LogP contribution in [0.5, 0.6) is 0 Å². The Morgan fingerprint density at radius 2 is 2.05 bits per heavy atom. The molecule has 1 unspecified atom stereocenters. The van der Waals surface area contributed by atoms with Crippen LogP contribution in [0.4, 0.5) is 0 Å². The number of piperidine rings is 1. The molecule has 0 radical (unpaired) electrons. The van der Waals surface area contributed by atoms with E-state index in [0.717, 1.165) is 19.0 Å². The molecule has 2 aliphatic rings. The molecule has 1 saturated carbocycles. The first-order chi connectivity index (χ1) is 9.85. The lowest BCUT2D eigenvalue weighted by Crippen LogP contribution is -2.35. The molecular formula is C16H28N4. The molecule has 2 fully saturated rings. The second kappa shape index (κ2) is 6.72. The summed E-state index contributed by atoms with van der Waals surface area (Å²) in [5.41, 5.74) is 6.94. The summed E-state index contributed by atoms with van der Waals surface area (Å²) in [4.78, 5) is 2.56. The van der Waals surface area contributed by atoms with Crippen LogP contribution >= 0.6 is 0 Å². The maximum Gasteiger partial charge on any atom is 0.0764 e. The van der Waals surface area contributed by atoms with Gasteiger partial charge >= 0.3 is 0 Å². The highest BCUT2D eigenvalue weighted by atomic mass is 15.3. The van der Waals surface area contributed by atoms with Gasteiger partial charge < -0.3 is 5.73 Å². The summed E-state index contributed by atoms with van der Waals surface area (Å²) in [6.07, 6.45) is 11.4. The molecule has 4 heteroatoms. The molecule has 1 aromatic heterocycles. The molecule has 1 aromatic rings. The summed E-state index contributed by atoms with van der Waals surface area (Å²) in [6.45, 7) is 4.26. The number of hydrogen-bond acceptors (Lipinski definition) is 3. The van der Waals surface area contributed by atoms with Gasteiger partial charge in [-0.2, -0.15) is 5.10 Å². The highest BCUT2D eigenvalue weighted by Crippen LogP contribution is 2.29. The van der Waals surface area contributed by atoms with Crippen molar-refractivity contribution in [1.29, 1.82) is 0 Å². The maximum absolute atomic E-state index is 5.70. The topological polar surface area (TPSA) is 47.1 Å². The fourth-order valence-electron chi connectivity index (χ4n) is 3.83. The van der Waals surface area contributed by atoms with Crippen molar-refractivity contribution in [1.82, 2.24) is 14.7 Å². The molecule has 4 nitrogen and oxygen atoms in total.